The van der Waals surface area contributed by atoms with Crippen LogP contribution >= 0.6 is 0 Å². The minimum absolute atomic E-state index is 0.0742. The number of carbonyl (C=O) groups excluding carboxylic acids is 1. The van der Waals surface area contributed by atoms with Crippen molar-refractivity contribution >= 4 is 5.78 Å². The van der Waals surface area contributed by atoms with E-state index in [1.165, 1.54) is 19.3 Å². The van der Waals surface area contributed by atoms with Crippen LogP contribution in [0.2, 0.25) is 0 Å². The molecule has 0 aromatic heterocycles. The average molecular weight is 322 g/mol. The summed E-state index contributed by atoms with van der Waals surface area (Å²) in [5.74, 6) is 0.831. The Morgan fingerprint density at radius 3 is 2.17 bits per heavy atom. The van der Waals surface area contributed by atoms with E-state index in [-0.39, 0.29) is 11.7 Å². The molecule has 0 amide bonds. The Kier molecular flexibility index (Phi) is 5.03. The van der Waals surface area contributed by atoms with E-state index < -0.39 is 0 Å². The molecule has 0 spiro atoms. The van der Waals surface area contributed by atoms with Crippen molar-refractivity contribution in [2.75, 3.05) is 0 Å². The molecule has 1 N–H and O–H groups in total. The molecule has 0 bridgehead atoms. The van der Waals surface area contributed by atoms with Gasteiger partial charge in [0.25, 0.3) is 0 Å². The number of hydrogen-bond donors (Lipinski definition) is 1. The van der Waals surface area contributed by atoms with E-state index in [4.69, 9.17) is 0 Å². The Balaban J connectivity index is 2.00. The summed E-state index contributed by atoms with van der Waals surface area (Å²) >= 11 is 0. The van der Waals surface area contributed by atoms with Gasteiger partial charge in [0.05, 0.1) is 5.92 Å². The van der Waals surface area contributed by atoms with Crippen LogP contribution in [0, 0.1) is 19.8 Å². The maximum Gasteiger partial charge on any atom is 0.170 e. The fraction of sp³-hybridized carbons (Fsp3) is 0.409. The van der Waals surface area contributed by atoms with Crippen LogP contribution in [0.3, 0.4) is 0 Å². The highest BCUT2D eigenvalue weighted by molar-refractivity contribution is 6.01. The maximum atomic E-state index is 13.4. The highest BCUT2D eigenvalue weighted by Gasteiger charge is 2.31. The molecule has 3 rings (SSSR count). The lowest BCUT2D eigenvalue weighted by atomic mass is 9.73. The normalized spacial score (nSPS) is 16.8. The number of phenolic OH excluding ortho intramolecular Hbond substituents is 1. The molecule has 1 atom stereocenters. The predicted octanol–water partition coefficient (Wildman–Crippen LogP) is 5.56. The van der Waals surface area contributed by atoms with Gasteiger partial charge in [-0.25, -0.2) is 0 Å². The van der Waals surface area contributed by atoms with Crippen molar-refractivity contribution in [2.24, 2.45) is 5.92 Å². The molecule has 24 heavy (non-hydrogen) atoms. The number of rotatable bonds is 4. The van der Waals surface area contributed by atoms with Crippen molar-refractivity contribution in [3.63, 3.8) is 0 Å². The van der Waals surface area contributed by atoms with Gasteiger partial charge in [-0.1, -0.05) is 49.6 Å². The lowest BCUT2D eigenvalue weighted by Gasteiger charge is -2.30. The molecule has 1 aliphatic carbocycles. The van der Waals surface area contributed by atoms with Crippen molar-refractivity contribution in [1.29, 1.82) is 0 Å². The number of phenols is 1. The molecule has 2 aromatic carbocycles. The van der Waals surface area contributed by atoms with E-state index in [0.717, 1.165) is 35.1 Å². The third-order valence-corrected chi connectivity index (χ3v) is 5.34. The zero-order valence-electron chi connectivity index (χ0n) is 14.6. The number of aryl methyl sites for hydroxylation is 2. The second kappa shape index (κ2) is 7.21. The lowest BCUT2D eigenvalue weighted by molar-refractivity contribution is 0.0912. The van der Waals surface area contributed by atoms with Crippen LogP contribution in [-0.2, 0) is 0 Å². The van der Waals surface area contributed by atoms with E-state index in [9.17, 15) is 9.90 Å². The summed E-state index contributed by atoms with van der Waals surface area (Å²) in [5, 5.41) is 10.0. The van der Waals surface area contributed by atoms with Gasteiger partial charge in [0.15, 0.2) is 5.78 Å². The molecule has 2 aromatic rings. The molecule has 0 radical (unpaired) electrons. The summed E-state index contributed by atoms with van der Waals surface area (Å²) in [6.45, 7) is 3.72. The maximum absolute atomic E-state index is 13.4. The highest BCUT2D eigenvalue weighted by atomic mass is 16.3. The molecule has 2 nitrogen and oxygen atoms in total. The minimum Gasteiger partial charge on any atom is -0.507 e. The van der Waals surface area contributed by atoms with E-state index in [1.54, 1.807) is 0 Å². The van der Waals surface area contributed by atoms with Crippen molar-refractivity contribution in [3.8, 4) is 5.75 Å². The van der Waals surface area contributed by atoms with E-state index in [0.29, 0.717) is 11.7 Å². The standard InChI is InChI=1S/C22H26O2/c1-15-13-19(14-16(2)21(15)23)22(24)20(17-9-5-3-6-10-17)18-11-7-4-8-12-18/h3,5-6,9-10,13-14,18,20,23H,4,7-8,11-12H2,1-2H3. The monoisotopic (exact) mass is 322 g/mol. The number of aromatic hydroxyl groups is 1. The van der Waals surface area contributed by atoms with Crippen LogP contribution in [0.4, 0.5) is 0 Å². The summed E-state index contributed by atoms with van der Waals surface area (Å²) in [5.41, 5.74) is 3.39. The molecule has 126 valence electrons. The van der Waals surface area contributed by atoms with Gasteiger partial charge in [-0.2, -0.15) is 0 Å². The van der Waals surface area contributed by atoms with Gasteiger partial charge in [0.2, 0.25) is 0 Å². The Hall–Kier alpha value is -2.09. The van der Waals surface area contributed by atoms with Crippen LogP contribution < -0.4 is 0 Å². The van der Waals surface area contributed by atoms with Gasteiger partial charge >= 0.3 is 0 Å². The number of carbonyl (C=O) groups is 1. The van der Waals surface area contributed by atoms with Crippen molar-refractivity contribution in [1.82, 2.24) is 0 Å². The lowest BCUT2D eigenvalue weighted by Crippen LogP contribution is -2.24. The fourth-order valence-electron chi connectivity index (χ4n) is 4.04. The Labute approximate surface area is 144 Å². The predicted molar refractivity (Wildman–Crippen MR) is 97.7 cm³/mol. The molecule has 1 aliphatic rings. The van der Waals surface area contributed by atoms with Crippen LogP contribution in [0.1, 0.15) is 65.1 Å². The van der Waals surface area contributed by atoms with Crippen molar-refractivity contribution < 1.29 is 9.90 Å². The van der Waals surface area contributed by atoms with E-state index in [2.05, 4.69) is 12.1 Å². The molecule has 0 saturated heterocycles. The van der Waals surface area contributed by atoms with Gasteiger partial charge in [0, 0.05) is 5.56 Å². The molecular formula is C22H26O2. The molecular weight excluding hydrogens is 296 g/mol. The first-order valence-corrected chi connectivity index (χ1v) is 8.97. The summed E-state index contributed by atoms with van der Waals surface area (Å²) in [4.78, 5) is 13.4. The molecule has 1 saturated carbocycles. The first kappa shape index (κ1) is 16.8. The Morgan fingerprint density at radius 2 is 1.58 bits per heavy atom. The second-order valence-corrected chi connectivity index (χ2v) is 7.11. The summed E-state index contributed by atoms with van der Waals surface area (Å²) in [7, 11) is 0. The SMILES string of the molecule is Cc1cc(C(=O)C(c2ccccc2)C2CCCCC2)cc(C)c1O. The molecule has 1 unspecified atom stereocenters. The first-order valence-electron chi connectivity index (χ1n) is 8.97. The Morgan fingerprint density at radius 1 is 1.00 bits per heavy atom. The minimum atomic E-state index is -0.0742. The van der Waals surface area contributed by atoms with Gasteiger partial charge in [-0.3, -0.25) is 4.79 Å². The van der Waals surface area contributed by atoms with E-state index in [1.807, 2.05) is 44.2 Å². The fourth-order valence-corrected chi connectivity index (χ4v) is 4.04. The smallest absolute Gasteiger partial charge is 0.170 e. The second-order valence-electron chi connectivity index (χ2n) is 7.11. The zero-order chi connectivity index (χ0) is 17.1. The Bertz CT molecular complexity index is 689. The molecule has 2 heteroatoms. The molecule has 0 heterocycles. The largest absolute Gasteiger partial charge is 0.507 e. The van der Waals surface area contributed by atoms with Gasteiger partial charge in [-0.15, -0.1) is 0 Å². The van der Waals surface area contributed by atoms with Crippen molar-refractivity contribution in [2.45, 2.75) is 51.9 Å². The third kappa shape index (κ3) is 3.38. The van der Waals surface area contributed by atoms with Crippen LogP contribution in [-0.4, -0.2) is 10.9 Å². The molecule has 0 aliphatic heterocycles. The molecule has 1 fully saturated rings. The summed E-state index contributed by atoms with van der Waals surface area (Å²) < 4.78 is 0. The van der Waals surface area contributed by atoms with Gasteiger partial charge in [0.1, 0.15) is 5.75 Å². The van der Waals surface area contributed by atoms with E-state index >= 15 is 0 Å². The third-order valence-electron chi connectivity index (χ3n) is 5.34. The first-order chi connectivity index (χ1) is 11.6. The number of hydrogen-bond acceptors (Lipinski definition) is 2. The van der Waals surface area contributed by atoms with Gasteiger partial charge < -0.3 is 5.11 Å². The zero-order valence-corrected chi connectivity index (χ0v) is 14.6. The average Bonchev–Trinajstić information content (AvgIpc) is 2.61. The van der Waals surface area contributed by atoms with Crippen molar-refractivity contribution in [3.05, 3.63) is 64.7 Å². The van der Waals surface area contributed by atoms with Crippen LogP contribution in [0.15, 0.2) is 42.5 Å². The quantitative estimate of drug-likeness (QED) is 0.749. The number of Topliss-reactive ketones (excluding diaryl/α,β-unsaturated/α-hetero) is 1. The van der Waals surface area contributed by atoms with Gasteiger partial charge in [-0.05, 0) is 61.4 Å². The highest BCUT2D eigenvalue weighted by Crippen LogP contribution is 2.38. The van der Waals surface area contributed by atoms with Crippen LogP contribution in [0.5, 0.6) is 5.75 Å². The number of ketones is 1. The van der Waals surface area contributed by atoms with Crippen LogP contribution in [0.25, 0.3) is 0 Å². The topological polar surface area (TPSA) is 37.3 Å². The summed E-state index contributed by atoms with van der Waals surface area (Å²) in [6.07, 6.45) is 5.97. The summed E-state index contributed by atoms with van der Waals surface area (Å²) in [6, 6.07) is 13.9. The number of benzene rings is 2.